The molecule has 3 aliphatic heterocycles. The highest BCUT2D eigenvalue weighted by molar-refractivity contribution is 5.91. The van der Waals surface area contributed by atoms with Gasteiger partial charge < -0.3 is 25.4 Å². The molecular weight excluding hydrogens is 469 g/mol. The summed E-state index contributed by atoms with van der Waals surface area (Å²) in [5, 5.41) is 2.68. The number of hydrogen-bond donors (Lipinski definition) is 2. The van der Waals surface area contributed by atoms with Crippen molar-refractivity contribution in [1.29, 1.82) is 0 Å². The maximum absolute atomic E-state index is 12.8. The van der Waals surface area contributed by atoms with Crippen molar-refractivity contribution in [2.75, 3.05) is 11.4 Å². The molecule has 2 bridgehead atoms. The number of rotatable bonds is 6. The van der Waals surface area contributed by atoms with Crippen LogP contribution >= 0.6 is 0 Å². The summed E-state index contributed by atoms with van der Waals surface area (Å²) in [7, 11) is 0. The van der Waals surface area contributed by atoms with E-state index in [0.717, 1.165) is 25.1 Å². The zero-order valence-electron chi connectivity index (χ0n) is 18.5. The topological polar surface area (TPSA) is 133 Å². The number of ether oxygens (including phenoxy) is 2. The lowest BCUT2D eigenvalue weighted by Crippen LogP contribution is -2.47. The van der Waals surface area contributed by atoms with Crippen molar-refractivity contribution in [2.24, 2.45) is 5.73 Å². The molecule has 2 aromatic rings. The second-order valence-electron chi connectivity index (χ2n) is 8.83. The fourth-order valence-electron chi connectivity index (χ4n) is 4.88. The van der Waals surface area contributed by atoms with Crippen LogP contribution in [0.2, 0.25) is 0 Å². The van der Waals surface area contributed by atoms with E-state index in [1.807, 2.05) is 4.90 Å². The minimum atomic E-state index is -4.46. The maximum atomic E-state index is 12.8. The third-order valence-electron chi connectivity index (χ3n) is 6.48. The fraction of sp³-hybridized carbons (Fsp3) is 0.500. The molecule has 2 aromatic heterocycles. The number of carbonyl (C=O) groups excluding carboxylic acids is 2. The van der Waals surface area contributed by atoms with Gasteiger partial charge in [0.1, 0.15) is 11.8 Å². The van der Waals surface area contributed by atoms with E-state index in [1.165, 1.54) is 12.1 Å². The Bertz CT molecular complexity index is 1120. The van der Waals surface area contributed by atoms with E-state index in [0.29, 0.717) is 25.8 Å². The van der Waals surface area contributed by atoms with Crippen LogP contribution in [-0.2, 0) is 11.0 Å². The average molecular weight is 492 g/mol. The SMILES string of the molecule is NC(=O)c1cc(OC2CCNC2=O)nc(N2[C@@H]3CC[C@H]2CC(Oc2ccc(C(F)(F)F)cn2)C3)n1. The molecule has 2 amide bonds. The van der Waals surface area contributed by atoms with Gasteiger partial charge in [0.2, 0.25) is 17.7 Å². The maximum Gasteiger partial charge on any atom is 0.417 e. The summed E-state index contributed by atoms with van der Waals surface area (Å²) >= 11 is 0. The van der Waals surface area contributed by atoms with E-state index in [9.17, 15) is 22.8 Å². The Morgan fingerprint density at radius 3 is 2.40 bits per heavy atom. The molecule has 3 saturated heterocycles. The molecule has 13 heteroatoms. The van der Waals surface area contributed by atoms with E-state index in [-0.39, 0.29) is 47.5 Å². The molecule has 0 saturated carbocycles. The number of aromatic nitrogens is 3. The molecule has 5 heterocycles. The van der Waals surface area contributed by atoms with Crippen LogP contribution in [0.15, 0.2) is 24.4 Å². The van der Waals surface area contributed by atoms with Crippen LogP contribution in [0.1, 0.15) is 48.2 Å². The third-order valence-corrected chi connectivity index (χ3v) is 6.48. The molecular formula is C22H23F3N6O4. The van der Waals surface area contributed by atoms with Crippen molar-refractivity contribution in [3.8, 4) is 11.8 Å². The molecule has 3 N–H and O–H groups in total. The summed E-state index contributed by atoms with van der Waals surface area (Å²) < 4.78 is 49.9. The molecule has 2 unspecified atom stereocenters. The molecule has 4 atom stereocenters. The molecule has 0 spiro atoms. The van der Waals surface area contributed by atoms with Crippen molar-refractivity contribution in [1.82, 2.24) is 20.3 Å². The van der Waals surface area contributed by atoms with Gasteiger partial charge in [-0.3, -0.25) is 9.59 Å². The predicted molar refractivity (Wildman–Crippen MR) is 115 cm³/mol. The first-order valence-corrected chi connectivity index (χ1v) is 11.3. The number of halogens is 3. The normalized spacial score (nSPS) is 25.9. The molecule has 5 rings (SSSR count). The Morgan fingerprint density at radius 2 is 1.83 bits per heavy atom. The Hall–Kier alpha value is -3.64. The van der Waals surface area contributed by atoms with Crippen molar-refractivity contribution in [2.45, 2.75) is 62.6 Å². The van der Waals surface area contributed by atoms with Gasteiger partial charge in [0, 0.05) is 56.2 Å². The van der Waals surface area contributed by atoms with Gasteiger partial charge in [-0.15, -0.1) is 0 Å². The van der Waals surface area contributed by atoms with Gasteiger partial charge in [0.05, 0.1) is 5.56 Å². The fourth-order valence-corrected chi connectivity index (χ4v) is 4.88. The van der Waals surface area contributed by atoms with Crippen molar-refractivity contribution >= 4 is 17.8 Å². The number of fused-ring (bicyclic) bond motifs is 2. The Morgan fingerprint density at radius 1 is 1.09 bits per heavy atom. The van der Waals surface area contributed by atoms with E-state index >= 15 is 0 Å². The summed E-state index contributed by atoms with van der Waals surface area (Å²) in [6, 6.07) is 3.46. The summed E-state index contributed by atoms with van der Waals surface area (Å²) in [5.41, 5.74) is 4.61. The highest BCUT2D eigenvalue weighted by atomic mass is 19.4. The second kappa shape index (κ2) is 8.86. The first-order chi connectivity index (χ1) is 16.7. The molecule has 10 nitrogen and oxygen atoms in total. The number of pyridine rings is 1. The summed E-state index contributed by atoms with van der Waals surface area (Å²) in [5.74, 6) is -0.478. The zero-order chi connectivity index (χ0) is 24.7. The lowest BCUT2D eigenvalue weighted by Gasteiger charge is -2.38. The first-order valence-electron chi connectivity index (χ1n) is 11.3. The van der Waals surface area contributed by atoms with Crippen LogP contribution < -0.4 is 25.4 Å². The van der Waals surface area contributed by atoms with Gasteiger partial charge in [-0.1, -0.05) is 0 Å². The van der Waals surface area contributed by atoms with Crippen molar-refractivity contribution < 1.29 is 32.2 Å². The van der Waals surface area contributed by atoms with E-state index in [2.05, 4.69) is 20.3 Å². The summed E-state index contributed by atoms with van der Waals surface area (Å²) in [6.07, 6.45) is -1.36. The number of hydrogen-bond acceptors (Lipinski definition) is 8. The molecule has 0 aromatic carbocycles. The van der Waals surface area contributed by atoms with Gasteiger partial charge in [-0.05, 0) is 18.9 Å². The van der Waals surface area contributed by atoms with Crippen molar-refractivity contribution in [3.63, 3.8) is 0 Å². The minimum Gasteiger partial charge on any atom is -0.474 e. The van der Waals surface area contributed by atoms with Gasteiger partial charge in [-0.2, -0.15) is 18.2 Å². The van der Waals surface area contributed by atoms with Crippen LogP contribution in [0.5, 0.6) is 11.8 Å². The highest BCUT2D eigenvalue weighted by Crippen LogP contribution is 2.40. The summed E-state index contributed by atoms with van der Waals surface area (Å²) in [6.45, 7) is 0.496. The van der Waals surface area contributed by atoms with Crippen LogP contribution in [0.4, 0.5) is 19.1 Å². The highest BCUT2D eigenvalue weighted by Gasteiger charge is 2.43. The van der Waals surface area contributed by atoms with Crippen LogP contribution in [0, 0.1) is 0 Å². The number of nitrogens with zero attached hydrogens (tertiary/aromatic N) is 4. The standard InChI is InChI=1S/C22H23F3N6O4/c23-22(24,25)11-1-4-17(28-10-11)34-14-7-12-2-3-13(8-14)31(12)21-29-15(19(26)32)9-18(30-21)35-16-5-6-27-20(16)33/h1,4,9-10,12-14,16H,2-3,5-8H2,(H2,26,32)(H,27,33)/t12-,13+,14?,16?. The molecule has 0 aliphatic carbocycles. The Kier molecular flexibility index (Phi) is 5.85. The second-order valence-corrected chi connectivity index (χ2v) is 8.83. The van der Waals surface area contributed by atoms with Crippen LogP contribution in [0.3, 0.4) is 0 Å². The van der Waals surface area contributed by atoms with Gasteiger partial charge >= 0.3 is 6.18 Å². The number of piperidine rings is 1. The first kappa shape index (κ1) is 23.1. The summed E-state index contributed by atoms with van der Waals surface area (Å²) in [4.78, 5) is 38.4. The number of carbonyl (C=O) groups is 2. The number of anilines is 1. The monoisotopic (exact) mass is 492 g/mol. The Labute approximate surface area is 198 Å². The predicted octanol–water partition coefficient (Wildman–Crippen LogP) is 1.84. The number of amides is 2. The average Bonchev–Trinajstić information content (AvgIpc) is 3.33. The number of primary amides is 1. The van der Waals surface area contributed by atoms with E-state index in [1.54, 1.807) is 0 Å². The third kappa shape index (κ3) is 4.80. The van der Waals surface area contributed by atoms with Gasteiger partial charge in [-0.25, -0.2) is 9.97 Å². The lowest BCUT2D eigenvalue weighted by molar-refractivity contribution is -0.137. The minimum absolute atomic E-state index is 0.0149. The molecule has 3 aliphatic rings. The van der Waals surface area contributed by atoms with Crippen LogP contribution in [-0.4, -0.2) is 57.6 Å². The van der Waals surface area contributed by atoms with E-state index in [4.69, 9.17) is 15.2 Å². The smallest absolute Gasteiger partial charge is 0.417 e. The molecule has 3 fully saturated rings. The molecule has 186 valence electrons. The molecule has 35 heavy (non-hydrogen) atoms. The molecule has 0 radical (unpaired) electrons. The number of nitrogens with one attached hydrogen (secondary N) is 1. The quantitative estimate of drug-likeness (QED) is 0.624. The Balaban J connectivity index is 1.32. The van der Waals surface area contributed by atoms with Crippen LogP contribution in [0.25, 0.3) is 0 Å². The largest absolute Gasteiger partial charge is 0.474 e. The lowest BCUT2D eigenvalue weighted by atomic mass is 10.00. The van der Waals surface area contributed by atoms with Gasteiger partial charge in [0.15, 0.2) is 6.10 Å². The number of alkyl halides is 3. The van der Waals surface area contributed by atoms with Crippen molar-refractivity contribution in [3.05, 3.63) is 35.7 Å². The zero-order valence-corrected chi connectivity index (χ0v) is 18.5. The van der Waals surface area contributed by atoms with E-state index < -0.39 is 23.8 Å². The number of nitrogens with two attached hydrogens (primary N) is 1. The van der Waals surface area contributed by atoms with Gasteiger partial charge in [0.25, 0.3) is 11.8 Å².